The van der Waals surface area contributed by atoms with Crippen LogP contribution in [0.25, 0.3) is 10.8 Å². The zero-order chi connectivity index (χ0) is 16.6. The molecular formula is C17H22N6. The fourth-order valence-corrected chi connectivity index (χ4v) is 2.72. The predicted molar refractivity (Wildman–Crippen MR) is 92.2 cm³/mol. The second-order valence-corrected chi connectivity index (χ2v) is 7.21. The number of aromatic nitrogens is 2. The molecule has 0 amide bonds. The maximum atomic E-state index is 9.17. The van der Waals surface area contributed by atoms with Crippen LogP contribution in [-0.4, -0.2) is 27.6 Å². The number of anilines is 2. The highest BCUT2D eigenvalue weighted by Gasteiger charge is 2.26. The van der Waals surface area contributed by atoms with E-state index in [1.807, 2.05) is 6.07 Å². The van der Waals surface area contributed by atoms with E-state index in [-0.39, 0.29) is 5.54 Å². The van der Waals surface area contributed by atoms with Crippen molar-refractivity contribution in [2.45, 2.75) is 51.2 Å². The molecule has 0 bridgehead atoms. The molecule has 120 valence electrons. The fourth-order valence-electron chi connectivity index (χ4n) is 2.72. The summed E-state index contributed by atoms with van der Waals surface area (Å²) in [6.07, 6.45) is 3.73. The van der Waals surface area contributed by atoms with Gasteiger partial charge >= 0.3 is 0 Å². The minimum Gasteiger partial charge on any atom is -0.367 e. The van der Waals surface area contributed by atoms with Crippen LogP contribution in [0.1, 0.15) is 39.3 Å². The van der Waals surface area contributed by atoms with Crippen molar-refractivity contribution in [1.82, 2.24) is 9.97 Å². The summed E-state index contributed by atoms with van der Waals surface area (Å²) in [5, 5.41) is 17.8. The summed E-state index contributed by atoms with van der Waals surface area (Å²) >= 11 is 0. The number of rotatable bonds is 3. The molecule has 0 unspecified atom stereocenters. The Morgan fingerprint density at radius 2 is 2.04 bits per heavy atom. The number of fused-ring (bicyclic) bond motifs is 1. The van der Waals surface area contributed by atoms with Gasteiger partial charge in [0.2, 0.25) is 0 Å². The number of pyridine rings is 2. The standard InChI is InChI=1S/C17H22N6/c1-17(2,3)23-16-14-7-15(21-12-5-11(19)6-12)20-9-10(14)4-13(8-18)22-16/h4,7,9,11-12H,5-6,19H2,1-3H3,(H,20,21)(H,22,23)/t11-,12+. The van der Waals surface area contributed by atoms with E-state index in [0.29, 0.717) is 23.6 Å². The quantitative estimate of drug-likeness (QED) is 0.806. The molecule has 2 heterocycles. The van der Waals surface area contributed by atoms with Gasteiger partial charge in [-0.15, -0.1) is 0 Å². The van der Waals surface area contributed by atoms with Crippen LogP contribution in [0.4, 0.5) is 11.6 Å². The van der Waals surface area contributed by atoms with Crippen molar-refractivity contribution in [3.05, 3.63) is 24.0 Å². The highest BCUT2D eigenvalue weighted by atomic mass is 15.1. The van der Waals surface area contributed by atoms with E-state index in [4.69, 9.17) is 5.73 Å². The third-order valence-electron chi connectivity index (χ3n) is 3.85. The summed E-state index contributed by atoms with van der Waals surface area (Å²) in [5.41, 5.74) is 6.07. The third kappa shape index (κ3) is 3.51. The average molecular weight is 310 g/mol. The van der Waals surface area contributed by atoms with Crippen LogP contribution in [0.15, 0.2) is 18.3 Å². The first-order valence-corrected chi connectivity index (χ1v) is 7.85. The molecule has 23 heavy (non-hydrogen) atoms. The molecule has 1 fully saturated rings. The number of nitrogens with zero attached hydrogens (tertiary/aromatic N) is 3. The second-order valence-electron chi connectivity index (χ2n) is 7.21. The lowest BCUT2D eigenvalue weighted by atomic mass is 9.88. The van der Waals surface area contributed by atoms with Crippen LogP contribution in [0.2, 0.25) is 0 Å². The highest BCUT2D eigenvalue weighted by molar-refractivity contribution is 5.94. The first-order chi connectivity index (χ1) is 10.8. The maximum absolute atomic E-state index is 9.17. The molecule has 0 saturated heterocycles. The molecule has 1 aliphatic rings. The van der Waals surface area contributed by atoms with Gasteiger partial charge in [-0.1, -0.05) is 0 Å². The maximum Gasteiger partial charge on any atom is 0.143 e. The van der Waals surface area contributed by atoms with Crippen LogP contribution in [0, 0.1) is 11.3 Å². The van der Waals surface area contributed by atoms with Crippen LogP contribution >= 0.6 is 0 Å². The smallest absolute Gasteiger partial charge is 0.143 e. The zero-order valence-electron chi connectivity index (χ0n) is 13.7. The number of nitrogens with two attached hydrogens (primary N) is 1. The molecule has 1 aliphatic carbocycles. The summed E-state index contributed by atoms with van der Waals surface area (Å²) in [7, 11) is 0. The van der Waals surface area contributed by atoms with Crippen LogP contribution < -0.4 is 16.4 Å². The lowest BCUT2D eigenvalue weighted by molar-refractivity contribution is 0.373. The summed E-state index contributed by atoms with van der Waals surface area (Å²) in [6, 6.07) is 6.54. The van der Waals surface area contributed by atoms with Crippen molar-refractivity contribution in [3.8, 4) is 6.07 Å². The van der Waals surface area contributed by atoms with E-state index in [0.717, 1.165) is 29.4 Å². The van der Waals surface area contributed by atoms with Gasteiger partial charge in [0.25, 0.3) is 0 Å². The topological polar surface area (TPSA) is 99.6 Å². The van der Waals surface area contributed by atoms with Gasteiger partial charge in [0.15, 0.2) is 0 Å². The fraction of sp³-hybridized carbons (Fsp3) is 0.471. The zero-order valence-corrected chi connectivity index (χ0v) is 13.7. The van der Waals surface area contributed by atoms with Crippen molar-refractivity contribution in [2.24, 2.45) is 5.73 Å². The molecule has 0 atom stereocenters. The first kappa shape index (κ1) is 15.5. The Morgan fingerprint density at radius 3 is 2.65 bits per heavy atom. The summed E-state index contributed by atoms with van der Waals surface area (Å²) in [5.74, 6) is 1.53. The molecular weight excluding hydrogens is 288 g/mol. The molecule has 4 N–H and O–H groups in total. The third-order valence-corrected chi connectivity index (χ3v) is 3.85. The van der Waals surface area contributed by atoms with Crippen LogP contribution in [0.3, 0.4) is 0 Å². The van der Waals surface area contributed by atoms with Gasteiger partial charge in [-0.25, -0.2) is 9.97 Å². The van der Waals surface area contributed by atoms with Gasteiger partial charge < -0.3 is 16.4 Å². The Hall–Kier alpha value is -2.39. The normalized spacial score (nSPS) is 20.7. The second kappa shape index (κ2) is 5.67. The monoisotopic (exact) mass is 310 g/mol. The van der Waals surface area contributed by atoms with Gasteiger partial charge in [-0.3, -0.25) is 0 Å². The molecule has 2 aromatic heterocycles. The summed E-state index contributed by atoms with van der Waals surface area (Å²) in [6.45, 7) is 6.20. The van der Waals surface area contributed by atoms with Crippen molar-refractivity contribution < 1.29 is 0 Å². The Bertz CT molecular complexity index is 765. The average Bonchev–Trinajstić information content (AvgIpc) is 2.44. The Balaban J connectivity index is 1.98. The van der Waals surface area contributed by atoms with E-state index in [9.17, 15) is 5.26 Å². The SMILES string of the molecule is CC(C)(C)Nc1nc(C#N)cc2cnc(N[C@H]3C[C@@H](N)C3)cc12. The number of hydrogen-bond acceptors (Lipinski definition) is 6. The molecule has 6 heteroatoms. The van der Waals surface area contributed by atoms with Crippen molar-refractivity contribution >= 4 is 22.4 Å². The van der Waals surface area contributed by atoms with Gasteiger partial charge in [0.05, 0.1) is 0 Å². The molecule has 3 rings (SSSR count). The largest absolute Gasteiger partial charge is 0.367 e. The Morgan fingerprint density at radius 1 is 1.30 bits per heavy atom. The van der Waals surface area contributed by atoms with Crippen molar-refractivity contribution in [1.29, 1.82) is 5.26 Å². The number of hydrogen-bond donors (Lipinski definition) is 3. The van der Waals surface area contributed by atoms with Gasteiger partial charge in [0.1, 0.15) is 23.4 Å². The molecule has 0 radical (unpaired) electrons. The molecule has 0 spiro atoms. The van der Waals surface area contributed by atoms with E-state index in [1.165, 1.54) is 0 Å². The van der Waals surface area contributed by atoms with Crippen molar-refractivity contribution in [3.63, 3.8) is 0 Å². The van der Waals surface area contributed by atoms with Gasteiger partial charge in [-0.05, 0) is 45.7 Å². The van der Waals surface area contributed by atoms with Gasteiger partial charge in [-0.2, -0.15) is 5.26 Å². The molecule has 0 aromatic carbocycles. The highest BCUT2D eigenvalue weighted by Crippen LogP contribution is 2.28. The van der Waals surface area contributed by atoms with Gasteiger partial charge in [0, 0.05) is 34.6 Å². The number of nitrogens with one attached hydrogen (secondary N) is 2. The first-order valence-electron chi connectivity index (χ1n) is 7.85. The van der Waals surface area contributed by atoms with E-state index in [1.54, 1.807) is 12.3 Å². The van der Waals surface area contributed by atoms with Crippen molar-refractivity contribution in [2.75, 3.05) is 10.6 Å². The van der Waals surface area contributed by atoms with E-state index >= 15 is 0 Å². The summed E-state index contributed by atoms with van der Waals surface area (Å²) < 4.78 is 0. The van der Waals surface area contributed by atoms with E-state index in [2.05, 4.69) is 47.4 Å². The van der Waals surface area contributed by atoms with E-state index < -0.39 is 0 Å². The Labute approximate surface area is 136 Å². The molecule has 2 aromatic rings. The summed E-state index contributed by atoms with van der Waals surface area (Å²) in [4.78, 5) is 8.87. The minimum atomic E-state index is -0.147. The number of nitriles is 1. The predicted octanol–water partition coefficient (Wildman–Crippen LogP) is 2.61. The lowest BCUT2D eigenvalue weighted by Gasteiger charge is -2.33. The Kier molecular flexibility index (Phi) is 3.82. The molecule has 6 nitrogen and oxygen atoms in total. The minimum absolute atomic E-state index is 0.147. The lowest BCUT2D eigenvalue weighted by Crippen LogP contribution is -2.44. The molecule has 1 saturated carbocycles. The molecule has 0 aliphatic heterocycles. The van der Waals surface area contributed by atoms with Crippen LogP contribution in [0.5, 0.6) is 0 Å². The van der Waals surface area contributed by atoms with Crippen LogP contribution in [-0.2, 0) is 0 Å².